The van der Waals surface area contributed by atoms with Crippen molar-refractivity contribution in [2.45, 2.75) is 34.3 Å². The molecule has 3 nitrogen and oxygen atoms in total. The van der Waals surface area contributed by atoms with Gasteiger partial charge in [0.05, 0.1) is 12.3 Å². The van der Waals surface area contributed by atoms with E-state index in [1.807, 2.05) is 12.1 Å². The molecule has 1 rings (SSSR count). The van der Waals surface area contributed by atoms with E-state index in [-0.39, 0.29) is 6.61 Å². The highest BCUT2D eigenvalue weighted by molar-refractivity contribution is 5.46. The Labute approximate surface area is 104 Å². The Kier molecular flexibility index (Phi) is 5.42. The first-order valence-corrected chi connectivity index (χ1v) is 6.33. The standard InChI is InChI=1S/C14H24N2O/c1-11(2)8-16(9-12(3)4)14-5-6-15-13(7-14)10-17/h5-7,11-12,17H,8-10H2,1-4H3. The summed E-state index contributed by atoms with van der Waals surface area (Å²) in [5.74, 6) is 1.25. The van der Waals surface area contributed by atoms with Gasteiger partial charge in [0, 0.05) is 25.0 Å². The van der Waals surface area contributed by atoms with Crippen molar-refractivity contribution in [3.05, 3.63) is 24.0 Å². The number of rotatable bonds is 6. The van der Waals surface area contributed by atoms with E-state index in [1.165, 1.54) is 0 Å². The van der Waals surface area contributed by atoms with Crippen molar-refractivity contribution in [2.24, 2.45) is 11.8 Å². The van der Waals surface area contributed by atoms with E-state index in [0.717, 1.165) is 24.5 Å². The van der Waals surface area contributed by atoms with Gasteiger partial charge in [-0.3, -0.25) is 4.98 Å². The van der Waals surface area contributed by atoms with Crippen LogP contribution in [0, 0.1) is 11.8 Å². The maximum Gasteiger partial charge on any atom is 0.0853 e. The summed E-state index contributed by atoms with van der Waals surface area (Å²) in [6, 6.07) is 3.99. The van der Waals surface area contributed by atoms with Gasteiger partial charge in [-0.15, -0.1) is 0 Å². The molecule has 1 N–H and O–H groups in total. The largest absolute Gasteiger partial charge is 0.390 e. The van der Waals surface area contributed by atoms with Crippen molar-refractivity contribution in [1.29, 1.82) is 0 Å². The normalized spacial score (nSPS) is 11.2. The third kappa shape index (κ3) is 4.73. The van der Waals surface area contributed by atoms with Crippen molar-refractivity contribution in [3.8, 4) is 0 Å². The molecule has 0 aliphatic rings. The van der Waals surface area contributed by atoms with Gasteiger partial charge in [0.15, 0.2) is 0 Å². The molecule has 17 heavy (non-hydrogen) atoms. The van der Waals surface area contributed by atoms with Gasteiger partial charge in [-0.1, -0.05) is 27.7 Å². The number of hydrogen-bond donors (Lipinski definition) is 1. The zero-order valence-electron chi connectivity index (χ0n) is 11.3. The van der Waals surface area contributed by atoms with E-state index < -0.39 is 0 Å². The molecule has 3 heteroatoms. The Balaban J connectivity index is 2.86. The maximum absolute atomic E-state index is 9.13. The molecule has 0 amide bonds. The minimum atomic E-state index is 0.00500. The Morgan fingerprint density at radius 2 is 1.76 bits per heavy atom. The molecule has 1 aromatic heterocycles. The molecule has 1 heterocycles. The van der Waals surface area contributed by atoms with Gasteiger partial charge in [-0.25, -0.2) is 0 Å². The molecule has 96 valence electrons. The topological polar surface area (TPSA) is 36.4 Å². The zero-order chi connectivity index (χ0) is 12.8. The second-order valence-electron chi connectivity index (χ2n) is 5.36. The van der Waals surface area contributed by atoms with Crippen LogP contribution in [0.1, 0.15) is 33.4 Å². The minimum Gasteiger partial charge on any atom is -0.390 e. The Morgan fingerprint density at radius 1 is 1.18 bits per heavy atom. The molecule has 0 aliphatic carbocycles. The lowest BCUT2D eigenvalue weighted by atomic mass is 10.1. The fraction of sp³-hybridized carbons (Fsp3) is 0.643. The van der Waals surface area contributed by atoms with Gasteiger partial charge >= 0.3 is 0 Å². The summed E-state index contributed by atoms with van der Waals surface area (Å²) < 4.78 is 0. The van der Waals surface area contributed by atoms with Gasteiger partial charge in [0.2, 0.25) is 0 Å². The van der Waals surface area contributed by atoms with Crippen LogP contribution in [-0.2, 0) is 6.61 Å². The highest BCUT2D eigenvalue weighted by atomic mass is 16.3. The molecular weight excluding hydrogens is 212 g/mol. The SMILES string of the molecule is CC(C)CN(CC(C)C)c1ccnc(CO)c1. The molecule has 1 aromatic rings. The number of aromatic nitrogens is 1. The van der Waals surface area contributed by atoms with Crippen LogP contribution in [0.5, 0.6) is 0 Å². The number of nitrogens with zero attached hydrogens (tertiary/aromatic N) is 2. The number of pyridine rings is 1. The lowest BCUT2D eigenvalue weighted by molar-refractivity contribution is 0.277. The summed E-state index contributed by atoms with van der Waals surface area (Å²) in [7, 11) is 0. The molecule has 0 aliphatic heterocycles. The van der Waals surface area contributed by atoms with E-state index in [1.54, 1.807) is 6.20 Å². The first-order chi connectivity index (χ1) is 8.02. The van der Waals surface area contributed by atoms with Crippen LogP contribution in [0.15, 0.2) is 18.3 Å². The van der Waals surface area contributed by atoms with E-state index in [2.05, 4.69) is 37.6 Å². The molecule has 0 fully saturated rings. The van der Waals surface area contributed by atoms with Crippen LogP contribution < -0.4 is 4.90 Å². The number of anilines is 1. The predicted molar refractivity (Wildman–Crippen MR) is 72.0 cm³/mol. The first kappa shape index (κ1) is 14.0. The van der Waals surface area contributed by atoms with Gasteiger partial charge in [0.25, 0.3) is 0 Å². The highest BCUT2D eigenvalue weighted by Crippen LogP contribution is 2.18. The van der Waals surface area contributed by atoms with Gasteiger partial charge < -0.3 is 10.0 Å². The zero-order valence-corrected chi connectivity index (χ0v) is 11.3. The van der Waals surface area contributed by atoms with Crippen LogP contribution in [0.2, 0.25) is 0 Å². The van der Waals surface area contributed by atoms with Gasteiger partial charge in [-0.05, 0) is 24.0 Å². The van der Waals surface area contributed by atoms with Crippen molar-refractivity contribution >= 4 is 5.69 Å². The average molecular weight is 236 g/mol. The average Bonchev–Trinajstić information content (AvgIpc) is 2.27. The van der Waals surface area contributed by atoms with Crippen LogP contribution >= 0.6 is 0 Å². The third-order valence-corrected chi connectivity index (χ3v) is 2.50. The fourth-order valence-electron chi connectivity index (χ4n) is 1.92. The second kappa shape index (κ2) is 6.60. The molecule has 0 saturated heterocycles. The number of aliphatic hydroxyl groups excluding tert-OH is 1. The van der Waals surface area contributed by atoms with Crippen LogP contribution in [-0.4, -0.2) is 23.2 Å². The number of aliphatic hydroxyl groups is 1. The summed E-state index contributed by atoms with van der Waals surface area (Å²) in [5.41, 5.74) is 1.89. The quantitative estimate of drug-likeness (QED) is 0.825. The summed E-state index contributed by atoms with van der Waals surface area (Å²) in [5, 5.41) is 9.13. The fourth-order valence-corrected chi connectivity index (χ4v) is 1.92. The summed E-state index contributed by atoms with van der Waals surface area (Å²) in [6.45, 7) is 11.0. The maximum atomic E-state index is 9.13. The predicted octanol–water partition coefficient (Wildman–Crippen LogP) is 2.69. The molecule has 0 spiro atoms. The monoisotopic (exact) mass is 236 g/mol. The molecule has 0 unspecified atom stereocenters. The summed E-state index contributed by atoms with van der Waals surface area (Å²) in [4.78, 5) is 6.49. The van der Waals surface area contributed by atoms with E-state index >= 15 is 0 Å². The Morgan fingerprint density at radius 3 is 2.24 bits per heavy atom. The van der Waals surface area contributed by atoms with E-state index in [9.17, 15) is 0 Å². The molecule has 0 saturated carbocycles. The Bertz CT molecular complexity index is 327. The number of hydrogen-bond acceptors (Lipinski definition) is 3. The Hall–Kier alpha value is -1.09. The smallest absolute Gasteiger partial charge is 0.0853 e. The third-order valence-electron chi connectivity index (χ3n) is 2.50. The molecule has 0 atom stereocenters. The van der Waals surface area contributed by atoms with Crippen molar-refractivity contribution in [2.75, 3.05) is 18.0 Å². The van der Waals surface area contributed by atoms with E-state index in [4.69, 9.17) is 5.11 Å². The first-order valence-electron chi connectivity index (χ1n) is 6.33. The van der Waals surface area contributed by atoms with Crippen molar-refractivity contribution in [1.82, 2.24) is 4.98 Å². The van der Waals surface area contributed by atoms with E-state index in [0.29, 0.717) is 11.8 Å². The van der Waals surface area contributed by atoms with Crippen LogP contribution in [0.25, 0.3) is 0 Å². The summed E-state index contributed by atoms with van der Waals surface area (Å²) in [6.07, 6.45) is 1.77. The van der Waals surface area contributed by atoms with Gasteiger partial charge in [0.1, 0.15) is 0 Å². The molecule has 0 aromatic carbocycles. The minimum absolute atomic E-state index is 0.00500. The second-order valence-corrected chi connectivity index (χ2v) is 5.36. The van der Waals surface area contributed by atoms with Gasteiger partial charge in [-0.2, -0.15) is 0 Å². The highest BCUT2D eigenvalue weighted by Gasteiger charge is 2.11. The summed E-state index contributed by atoms with van der Waals surface area (Å²) >= 11 is 0. The van der Waals surface area contributed by atoms with Crippen molar-refractivity contribution in [3.63, 3.8) is 0 Å². The molecule has 0 radical (unpaired) electrons. The lowest BCUT2D eigenvalue weighted by Gasteiger charge is -2.28. The molecule has 0 bridgehead atoms. The van der Waals surface area contributed by atoms with Crippen LogP contribution in [0.3, 0.4) is 0 Å². The lowest BCUT2D eigenvalue weighted by Crippen LogP contribution is -2.31. The van der Waals surface area contributed by atoms with Crippen LogP contribution in [0.4, 0.5) is 5.69 Å². The molecular formula is C14H24N2O. The van der Waals surface area contributed by atoms with Crippen molar-refractivity contribution < 1.29 is 5.11 Å².